The van der Waals surface area contributed by atoms with E-state index in [1.54, 1.807) is 26.0 Å². The Kier molecular flexibility index (Phi) is 9.19. The number of benzene rings is 1. The van der Waals surface area contributed by atoms with Crippen LogP contribution in [0, 0.1) is 0 Å². The summed E-state index contributed by atoms with van der Waals surface area (Å²) >= 11 is 0. The van der Waals surface area contributed by atoms with E-state index in [1.165, 1.54) is 33.9 Å². The minimum absolute atomic E-state index is 0.105. The zero-order chi connectivity index (χ0) is 29.6. The van der Waals surface area contributed by atoms with Gasteiger partial charge in [-0.25, -0.2) is 9.97 Å². The van der Waals surface area contributed by atoms with Crippen molar-refractivity contribution in [3.63, 3.8) is 0 Å². The number of nitrogens with one attached hydrogen (secondary N) is 2. The van der Waals surface area contributed by atoms with Gasteiger partial charge in [0.2, 0.25) is 0 Å². The largest absolute Gasteiger partial charge is 0.435 e. The number of aromatic nitrogens is 5. The Hall–Kier alpha value is -4.50. The number of rotatable bonds is 13. The topological polar surface area (TPSA) is 151 Å². The third kappa shape index (κ3) is 6.30. The van der Waals surface area contributed by atoms with E-state index in [-0.39, 0.29) is 60.5 Å². The number of nitrogens with zero attached hydrogens (tertiary/aromatic N) is 5. The number of imidazole rings is 1. The van der Waals surface area contributed by atoms with Crippen molar-refractivity contribution >= 4 is 29.5 Å². The molecule has 4 N–H and O–H groups in total. The molecule has 0 saturated carbocycles. The smallest absolute Gasteiger partial charge is 0.426 e. The van der Waals surface area contributed by atoms with Gasteiger partial charge in [-0.05, 0) is 25.5 Å². The van der Waals surface area contributed by atoms with E-state index >= 15 is 0 Å². The van der Waals surface area contributed by atoms with Gasteiger partial charge in [-0.15, -0.1) is 0 Å². The lowest BCUT2D eigenvalue weighted by molar-refractivity contribution is -0.141. The van der Waals surface area contributed by atoms with Crippen LogP contribution >= 0.6 is 0 Å². The third-order valence-electron chi connectivity index (χ3n) is 6.13. The normalized spacial score (nSPS) is 11.6. The van der Waals surface area contributed by atoms with Gasteiger partial charge in [0.1, 0.15) is 0 Å². The van der Waals surface area contributed by atoms with Gasteiger partial charge in [-0.2, -0.15) is 18.3 Å². The number of hydrogen-bond acceptors (Lipinski definition) is 9. The molecule has 0 saturated heterocycles. The summed E-state index contributed by atoms with van der Waals surface area (Å²) in [4.78, 5) is 32.9. The van der Waals surface area contributed by atoms with Gasteiger partial charge in [-0.1, -0.05) is 6.92 Å². The number of carbonyl (C=O) groups excluding carboxylic acids is 2. The van der Waals surface area contributed by atoms with Gasteiger partial charge in [0.25, 0.3) is 12.4 Å². The van der Waals surface area contributed by atoms with Crippen LogP contribution in [0.25, 0.3) is 16.9 Å². The van der Waals surface area contributed by atoms with E-state index in [4.69, 9.17) is 15.2 Å². The summed E-state index contributed by atoms with van der Waals surface area (Å²) in [7, 11) is 0. The average Bonchev–Trinajstić information content (AvgIpc) is 3.58. The Morgan fingerprint density at radius 1 is 1.20 bits per heavy atom. The molecule has 3 heterocycles. The first-order valence-electron chi connectivity index (χ1n) is 12.8. The van der Waals surface area contributed by atoms with Crippen molar-refractivity contribution in [2.24, 2.45) is 5.73 Å². The number of alkyl halides is 3. The van der Waals surface area contributed by atoms with E-state index < -0.39 is 11.9 Å². The first kappa shape index (κ1) is 29.5. The Morgan fingerprint density at radius 2 is 2.00 bits per heavy atom. The summed E-state index contributed by atoms with van der Waals surface area (Å²) in [6.07, 6.45) is 1.18. The number of hydrogen-bond donors (Lipinski definition) is 3. The zero-order valence-corrected chi connectivity index (χ0v) is 22.4. The monoisotopic (exact) mass is 574 g/mol. The van der Waals surface area contributed by atoms with Crippen LogP contribution in [-0.4, -0.2) is 62.8 Å². The second-order valence-electron chi connectivity index (χ2n) is 8.68. The van der Waals surface area contributed by atoms with Crippen LogP contribution in [0.5, 0.6) is 5.75 Å². The summed E-state index contributed by atoms with van der Waals surface area (Å²) in [6.45, 7) is 5.27. The molecule has 15 heteroatoms. The lowest BCUT2D eigenvalue weighted by Gasteiger charge is -2.17. The number of halogens is 3. The predicted molar refractivity (Wildman–Crippen MR) is 143 cm³/mol. The Bertz CT molecular complexity index is 1530. The molecule has 0 atom stereocenters. The van der Waals surface area contributed by atoms with Crippen molar-refractivity contribution in [3.05, 3.63) is 53.7 Å². The van der Waals surface area contributed by atoms with Crippen LogP contribution in [0.15, 0.2) is 36.9 Å². The van der Waals surface area contributed by atoms with Crippen LogP contribution in [-0.2, 0) is 28.7 Å². The number of anilines is 2. The number of nitrogens with two attached hydrogens (primary N) is 1. The Labute approximate surface area is 232 Å². The predicted octanol–water partition coefficient (Wildman–Crippen LogP) is 3.18. The van der Waals surface area contributed by atoms with Crippen LogP contribution in [0.2, 0.25) is 0 Å². The second-order valence-corrected chi connectivity index (χ2v) is 8.68. The molecule has 0 radical (unpaired) electrons. The first-order valence-corrected chi connectivity index (χ1v) is 12.8. The van der Waals surface area contributed by atoms with Crippen molar-refractivity contribution < 1.29 is 32.2 Å². The molecular weight excluding hydrogens is 545 g/mol. The maximum atomic E-state index is 13.7. The highest BCUT2D eigenvalue weighted by atomic mass is 19.4. The van der Waals surface area contributed by atoms with Gasteiger partial charge < -0.3 is 25.8 Å². The molecule has 218 valence electrons. The van der Waals surface area contributed by atoms with E-state index in [2.05, 4.69) is 25.7 Å². The Morgan fingerprint density at radius 3 is 2.68 bits per heavy atom. The lowest BCUT2D eigenvalue weighted by atomic mass is 10.0. The highest BCUT2D eigenvalue weighted by Gasteiger charge is 2.38. The molecule has 0 spiro atoms. The maximum absolute atomic E-state index is 13.7. The van der Waals surface area contributed by atoms with E-state index in [1.807, 2.05) is 0 Å². The zero-order valence-electron chi connectivity index (χ0n) is 22.4. The van der Waals surface area contributed by atoms with E-state index in [9.17, 15) is 22.8 Å². The minimum atomic E-state index is -4.67. The van der Waals surface area contributed by atoms with Crippen molar-refractivity contribution in [1.82, 2.24) is 29.5 Å². The molecule has 4 rings (SSSR count). The molecule has 0 fully saturated rings. The summed E-state index contributed by atoms with van der Waals surface area (Å²) in [6, 6.07) is 3.11. The van der Waals surface area contributed by atoms with Crippen molar-refractivity contribution in [2.75, 3.05) is 31.6 Å². The van der Waals surface area contributed by atoms with Gasteiger partial charge >= 0.3 is 6.18 Å². The van der Waals surface area contributed by atoms with Crippen LogP contribution in [0.3, 0.4) is 0 Å². The minimum Gasteiger partial charge on any atom is -0.426 e. The van der Waals surface area contributed by atoms with Crippen molar-refractivity contribution in [2.45, 2.75) is 33.0 Å². The van der Waals surface area contributed by atoms with Gasteiger partial charge in [0.15, 0.2) is 22.9 Å². The second kappa shape index (κ2) is 12.8. The highest BCUT2D eigenvalue weighted by Crippen LogP contribution is 2.38. The molecule has 0 aliphatic heterocycles. The maximum Gasteiger partial charge on any atom is 0.435 e. The molecule has 4 aromatic rings. The van der Waals surface area contributed by atoms with Gasteiger partial charge in [0.05, 0.1) is 36.4 Å². The molecule has 0 aliphatic carbocycles. The first-order chi connectivity index (χ1) is 19.7. The number of carbonyl (C=O) groups is 2. The molecule has 12 nitrogen and oxygen atoms in total. The third-order valence-corrected chi connectivity index (χ3v) is 6.13. The van der Waals surface area contributed by atoms with Crippen LogP contribution in [0.4, 0.5) is 24.7 Å². The molecule has 3 aromatic heterocycles. The van der Waals surface area contributed by atoms with Gasteiger partial charge in [-0.3, -0.25) is 18.7 Å². The number of aryl methyl sites for hydroxylation is 1. The molecule has 0 unspecified atom stereocenters. The molecule has 41 heavy (non-hydrogen) atoms. The average molecular weight is 575 g/mol. The van der Waals surface area contributed by atoms with Crippen molar-refractivity contribution in [1.29, 1.82) is 0 Å². The van der Waals surface area contributed by atoms with Crippen molar-refractivity contribution in [3.8, 4) is 17.0 Å². The number of ether oxygens (including phenoxy) is 2. The summed E-state index contributed by atoms with van der Waals surface area (Å²) in [5, 5.41) is 9.48. The standard InChI is InChI=1S/C26H29F3N8O4/c1-3-16-17(25(39)32-9-12-40-11-7-30)5-6-19(21(16)41-15-38)34-23-24-33-13-20(37(24)10-8-31-23)18-14-36(4-2)35-22(18)26(27,28)29/h5-6,8,10,13-15H,3-4,7,9,11-12,30H2,1-2H3,(H,31,34)(H,32,39). The molecular formula is C26H29F3N8O4. The van der Waals surface area contributed by atoms with E-state index in [0.29, 0.717) is 36.4 Å². The van der Waals surface area contributed by atoms with Crippen LogP contribution in [0.1, 0.15) is 35.5 Å². The fourth-order valence-corrected chi connectivity index (χ4v) is 4.30. The van der Waals surface area contributed by atoms with E-state index in [0.717, 1.165) is 0 Å². The molecule has 0 aliphatic rings. The highest BCUT2D eigenvalue weighted by molar-refractivity contribution is 5.97. The Balaban J connectivity index is 1.69. The number of fused-ring (bicyclic) bond motifs is 1. The van der Waals surface area contributed by atoms with Gasteiger partial charge in [0, 0.05) is 49.4 Å². The molecule has 0 bridgehead atoms. The quantitative estimate of drug-likeness (QED) is 0.162. The fourth-order valence-electron chi connectivity index (χ4n) is 4.30. The number of amides is 1. The summed E-state index contributed by atoms with van der Waals surface area (Å²) in [5.41, 5.74) is 5.67. The molecule has 1 aromatic carbocycles. The summed E-state index contributed by atoms with van der Waals surface area (Å²) < 4.78 is 54.4. The molecule has 1 amide bonds. The lowest BCUT2D eigenvalue weighted by Crippen LogP contribution is -2.29. The SMILES string of the molecule is CCc1c(C(=O)NCCOCCN)ccc(Nc2nccn3c(-c4cn(CC)nc4C(F)(F)F)cnc23)c1OC=O. The summed E-state index contributed by atoms with van der Waals surface area (Å²) in [5.74, 6) is -0.0948. The fraction of sp³-hybridized carbons (Fsp3) is 0.346. The van der Waals surface area contributed by atoms with Crippen LogP contribution < -0.4 is 21.1 Å².